The van der Waals surface area contributed by atoms with Gasteiger partial charge in [-0.2, -0.15) is 0 Å². The topological polar surface area (TPSA) is 135 Å². The highest BCUT2D eigenvalue weighted by molar-refractivity contribution is 5.88. The number of ether oxygens (including phenoxy) is 1. The van der Waals surface area contributed by atoms with Crippen LogP contribution in [0.2, 0.25) is 0 Å². The molecule has 152 valence electrons. The number of piperazine rings is 1. The lowest BCUT2D eigenvalue weighted by Crippen LogP contribution is -2.44. The van der Waals surface area contributed by atoms with Gasteiger partial charge in [0.05, 0.1) is 16.2 Å². The number of rotatable bonds is 4. The third-order valence-electron chi connectivity index (χ3n) is 4.56. The summed E-state index contributed by atoms with van der Waals surface area (Å²) in [5.41, 5.74) is -0.192. The molecule has 13 heteroatoms. The summed E-state index contributed by atoms with van der Waals surface area (Å²) in [5, 5.41) is 16.9. The lowest BCUT2D eigenvalue weighted by Gasteiger charge is -2.29. The van der Waals surface area contributed by atoms with Crippen LogP contribution in [0.4, 0.5) is 30.9 Å². The molecule has 0 saturated carbocycles. The molecule has 1 atom stereocenters. The molecule has 1 saturated heterocycles. The Kier molecular flexibility index (Phi) is 4.88. The van der Waals surface area contributed by atoms with Crippen molar-refractivity contribution in [3.8, 4) is 11.4 Å². The van der Waals surface area contributed by atoms with Crippen molar-refractivity contribution >= 4 is 23.4 Å². The van der Waals surface area contributed by atoms with Crippen LogP contribution in [0.5, 0.6) is 0 Å². The fourth-order valence-corrected chi connectivity index (χ4v) is 3.27. The molecule has 0 spiro atoms. The molecule has 11 nitrogen and oxygen atoms in total. The molecule has 4 rings (SSSR count). The van der Waals surface area contributed by atoms with Gasteiger partial charge in [0, 0.05) is 32.2 Å². The van der Waals surface area contributed by atoms with E-state index in [-0.39, 0.29) is 34.3 Å². The second kappa shape index (κ2) is 7.50. The molecule has 0 aliphatic carbocycles. The Labute approximate surface area is 162 Å². The molecule has 0 bridgehead atoms. The smallest absolute Gasteiger partial charge is 0.413 e. The number of anilines is 2. The van der Waals surface area contributed by atoms with E-state index in [1.54, 1.807) is 4.90 Å². The summed E-state index contributed by atoms with van der Waals surface area (Å²) in [6.07, 6.45) is -4.86. The molecule has 2 aliphatic rings. The van der Waals surface area contributed by atoms with Crippen molar-refractivity contribution in [3.63, 3.8) is 0 Å². The average Bonchev–Trinajstić information content (AvgIpc) is 2.72. The highest BCUT2D eigenvalue weighted by Crippen LogP contribution is 2.39. The van der Waals surface area contributed by atoms with Gasteiger partial charge in [0.2, 0.25) is 5.82 Å². The minimum atomic E-state index is -3.02. The molecule has 2 aliphatic heterocycles. The molecular formula is C16H15F2N7O4. The Bertz CT molecular complexity index is 968. The van der Waals surface area contributed by atoms with Crippen LogP contribution in [0.1, 0.15) is 11.7 Å². The number of nitrogens with one attached hydrogen (secondary N) is 2. The molecule has 0 aromatic carbocycles. The third kappa shape index (κ3) is 3.51. The van der Waals surface area contributed by atoms with Crippen molar-refractivity contribution in [2.45, 2.75) is 12.5 Å². The van der Waals surface area contributed by atoms with Gasteiger partial charge in [-0.05, 0) is 6.07 Å². The van der Waals surface area contributed by atoms with Crippen LogP contribution in [0.15, 0.2) is 18.5 Å². The number of fused-ring (bicyclic) bond motifs is 1. The molecule has 0 radical (unpaired) electrons. The van der Waals surface area contributed by atoms with E-state index in [4.69, 9.17) is 4.74 Å². The van der Waals surface area contributed by atoms with Crippen LogP contribution in [-0.4, -0.2) is 58.6 Å². The largest absolute Gasteiger partial charge is 0.435 e. The minimum Gasteiger partial charge on any atom is -0.435 e. The van der Waals surface area contributed by atoms with E-state index >= 15 is 0 Å². The molecule has 2 N–H and O–H groups in total. The zero-order chi connectivity index (χ0) is 20.5. The van der Waals surface area contributed by atoms with E-state index in [2.05, 4.69) is 25.6 Å². The van der Waals surface area contributed by atoms with Crippen molar-refractivity contribution < 1.29 is 23.2 Å². The van der Waals surface area contributed by atoms with Crippen molar-refractivity contribution in [2.24, 2.45) is 0 Å². The Hall–Kier alpha value is -3.48. The minimum absolute atomic E-state index is 0.00609. The second-order valence-electron chi connectivity index (χ2n) is 6.30. The number of hydrogen-bond donors (Lipinski definition) is 2. The van der Waals surface area contributed by atoms with Gasteiger partial charge in [-0.25, -0.2) is 28.5 Å². The lowest BCUT2D eigenvalue weighted by atomic mass is 10.0. The lowest BCUT2D eigenvalue weighted by molar-refractivity contribution is -0.384. The number of hydrogen-bond acceptors (Lipinski definition) is 9. The monoisotopic (exact) mass is 407 g/mol. The van der Waals surface area contributed by atoms with Crippen molar-refractivity contribution in [1.82, 2.24) is 20.3 Å². The number of pyridine rings is 1. The maximum absolute atomic E-state index is 13.5. The standard InChI is InChI=1S/C16H15F2N7O4/c17-13(18)12-10-11(20-7-21-14(10)23-16(26)29-12)8-1-2-9(25(27)28)15(22-8)24-5-3-19-4-6-24/h1-2,7,12-13,19H,3-6H2,(H,20,21,23,26)/t12-/m1/s1. The number of nitrogens with zero attached hydrogens (tertiary/aromatic N) is 5. The SMILES string of the molecule is O=C1Nc2ncnc(-c3ccc([N+](=O)[O-])c(N4CCNCC4)n3)c2[C@H](C(F)F)O1. The maximum atomic E-state index is 13.5. The summed E-state index contributed by atoms with van der Waals surface area (Å²) in [4.78, 5) is 36.4. The van der Waals surface area contributed by atoms with Crippen molar-refractivity contribution in [1.29, 1.82) is 0 Å². The van der Waals surface area contributed by atoms with Crippen molar-refractivity contribution in [2.75, 3.05) is 36.4 Å². The first-order valence-electron chi connectivity index (χ1n) is 8.68. The Morgan fingerprint density at radius 3 is 2.72 bits per heavy atom. The summed E-state index contributed by atoms with van der Waals surface area (Å²) in [6, 6.07) is 2.58. The first-order chi connectivity index (χ1) is 14.0. The summed E-state index contributed by atoms with van der Waals surface area (Å²) >= 11 is 0. The fraction of sp³-hybridized carbons (Fsp3) is 0.375. The number of cyclic esters (lactones) is 1. The molecule has 1 amide bonds. The number of carbonyl (C=O) groups is 1. The first kappa shape index (κ1) is 18.9. The average molecular weight is 407 g/mol. The van der Waals surface area contributed by atoms with E-state index in [9.17, 15) is 23.7 Å². The Morgan fingerprint density at radius 2 is 2.03 bits per heavy atom. The number of carbonyl (C=O) groups excluding carboxylic acids is 1. The van der Waals surface area contributed by atoms with Crippen LogP contribution in [0, 0.1) is 10.1 Å². The first-order valence-corrected chi connectivity index (χ1v) is 8.68. The van der Waals surface area contributed by atoms with Crippen LogP contribution in [0.3, 0.4) is 0 Å². The Balaban J connectivity index is 1.85. The zero-order valence-corrected chi connectivity index (χ0v) is 14.8. The predicted molar refractivity (Wildman–Crippen MR) is 95.8 cm³/mol. The number of amides is 1. The second-order valence-corrected chi connectivity index (χ2v) is 6.30. The van der Waals surface area contributed by atoms with Gasteiger partial charge >= 0.3 is 11.8 Å². The normalized spacial score (nSPS) is 18.8. The van der Waals surface area contributed by atoms with Crippen LogP contribution < -0.4 is 15.5 Å². The molecule has 2 aromatic rings. The van der Waals surface area contributed by atoms with Gasteiger partial charge in [0.15, 0.2) is 6.10 Å². The van der Waals surface area contributed by atoms with Crippen LogP contribution in [0.25, 0.3) is 11.4 Å². The van der Waals surface area contributed by atoms with Crippen molar-refractivity contribution in [3.05, 3.63) is 34.1 Å². The quantitative estimate of drug-likeness (QED) is 0.573. The van der Waals surface area contributed by atoms with Crippen LogP contribution in [-0.2, 0) is 4.74 Å². The van der Waals surface area contributed by atoms with Gasteiger partial charge in [-0.15, -0.1) is 0 Å². The Morgan fingerprint density at radius 1 is 1.28 bits per heavy atom. The van der Waals surface area contributed by atoms with E-state index in [1.807, 2.05) is 0 Å². The molecule has 29 heavy (non-hydrogen) atoms. The molecule has 1 fully saturated rings. The predicted octanol–water partition coefficient (Wildman–Crippen LogP) is 1.72. The van der Waals surface area contributed by atoms with E-state index < -0.39 is 23.5 Å². The van der Waals surface area contributed by atoms with Gasteiger partial charge in [0.25, 0.3) is 6.43 Å². The highest BCUT2D eigenvalue weighted by atomic mass is 19.3. The summed E-state index contributed by atoms with van der Waals surface area (Å²) in [7, 11) is 0. The molecule has 0 unspecified atom stereocenters. The molecule has 4 heterocycles. The molecule has 2 aromatic heterocycles. The fourth-order valence-electron chi connectivity index (χ4n) is 3.27. The number of nitro groups is 1. The molecular weight excluding hydrogens is 392 g/mol. The van der Waals surface area contributed by atoms with Gasteiger partial charge in [-0.1, -0.05) is 0 Å². The summed E-state index contributed by atoms with van der Waals surface area (Å²) in [5.74, 6) is 0.0103. The number of alkyl halides is 2. The van der Waals surface area contributed by atoms with Crippen LogP contribution >= 0.6 is 0 Å². The van der Waals surface area contributed by atoms with Gasteiger partial charge < -0.3 is 15.0 Å². The number of aromatic nitrogens is 3. The van der Waals surface area contributed by atoms with E-state index in [0.717, 1.165) is 6.33 Å². The third-order valence-corrected chi connectivity index (χ3v) is 4.56. The summed E-state index contributed by atoms with van der Waals surface area (Å²) in [6.45, 7) is 2.24. The zero-order valence-electron chi connectivity index (χ0n) is 14.8. The van der Waals surface area contributed by atoms with Gasteiger partial charge in [0.1, 0.15) is 17.8 Å². The van der Waals surface area contributed by atoms with E-state index in [1.165, 1.54) is 12.1 Å². The maximum Gasteiger partial charge on any atom is 0.413 e. The van der Waals surface area contributed by atoms with Gasteiger partial charge in [-0.3, -0.25) is 15.4 Å². The highest BCUT2D eigenvalue weighted by Gasteiger charge is 2.38. The van der Waals surface area contributed by atoms with E-state index in [0.29, 0.717) is 26.2 Å². The summed E-state index contributed by atoms with van der Waals surface area (Å²) < 4.78 is 31.8. The number of halogens is 2.